The summed E-state index contributed by atoms with van der Waals surface area (Å²) in [6.07, 6.45) is 1.72. The summed E-state index contributed by atoms with van der Waals surface area (Å²) in [5.74, 6) is 0. The Bertz CT molecular complexity index is 540. The van der Waals surface area contributed by atoms with E-state index in [0.717, 1.165) is 12.8 Å². The molecule has 0 heterocycles. The van der Waals surface area contributed by atoms with Gasteiger partial charge in [0, 0.05) is 17.6 Å². The summed E-state index contributed by atoms with van der Waals surface area (Å²) in [7, 11) is -3.56. The van der Waals surface area contributed by atoms with Crippen molar-refractivity contribution in [1.29, 1.82) is 0 Å². The molecule has 0 aromatic heterocycles. The van der Waals surface area contributed by atoms with Gasteiger partial charge in [0.1, 0.15) is 0 Å². The highest BCUT2D eigenvalue weighted by molar-refractivity contribution is 7.89. The molecular weight excluding hydrogens is 274 g/mol. The zero-order valence-corrected chi connectivity index (χ0v) is 11.7. The quantitative estimate of drug-likeness (QED) is 0.899. The number of hydrogen-bond acceptors (Lipinski definition) is 3. The van der Waals surface area contributed by atoms with Crippen molar-refractivity contribution in [3.63, 3.8) is 0 Å². The molecule has 0 amide bonds. The molecule has 0 spiro atoms. The minimum atomic E-state index is -3.56. The van der Waals surface area contributed by atoms with E-state index in [2.05, 4.69) is 0 Å². The van der Waals surface area contributed by atoms with Crippen LogP contribution in [0.15, 0.2) is 23.1 Å². The normalized spacial score (nSPS) is 16.2. The second-order valence-corrected chi connectivity index (χ2v) is 6.70. The third kappa shape index (κ3) is 2.54. The fourth-order valence-electron chi connectivity index (χ4n) is 1.95. The largest absolute Gasteiger partial charge is 0.395 e. The van der Waals surface area contributed by atoms with Crippen LogP contribution in [0.4, 0.5) is 0 Å². The van der Waals surface area contributed by atoms with Crippen LogP contribution in [0.2, 0.25) is 5.02 Å². The molecule has 100 valence electrons. The maximum Gasteiger partial charge on any atom is 0.243 e. The Hall–Kier alpha value is -0.620. The van der Waals surface area contributed by atoms with Crippen LogP contribution < -0.4 is 0 Å². The van der Waals surface area contributed by atoms with Crippen molar-refractivity contribution in [1.82, 2.24) is 4.31 Å². The van der Waals surface area contributed by atoms with Gasteiger partial charge in [0.05, 0.1) is 11.5 Å². The Morgan fingerprint density at radius 1 is 1.44 bits per heavy atom. The van der Waals surface area contributed by atoms with E-state index in [1.165, 1.54) is 4.31 Å². The SMILES string of the molecule is Cc1c(Cl)cccc1S(=O)(=O)N(CCO)C1CC1. The predicted molar refractivity (Wildman–Crippen MR) is 70.2 cm³/mol. The Morgan fingerprint density at radius 3 is 2.67 bits per heavy atom. The number of aliphatic hydroxyl groups excluding tert-OH is 1. The average molecular weight is 290 g/mol. The van der Waals surface area contributed by atoms with E-state index in [9.17, 15) is 8.42 Å². The first-order valence-electron chi connectivity index (χ1n) is 5.86. The van der Waals surface area contributed by atoms with Gasteiger partial charge in [-0.15, -0.1) is 0 Å². The van der Waals surface area contributed by atoms with Crippen molar-refractivity contribution in [2.24, 2.45) is 0 Å². The summed E-state index contributed by atoms with van der Waals surface area (Å²) < 4.78 is 26.4. The van der Waals surface area contributed by atoms with Crippen molar-refractivity contribution in [3.05, 3.63) is 28.8 Å². The van der Waals surface area contributed by atoms with Crippen LogP contribution in [-0.2, 0) is 10.0 Å². The first kappa shape index (κ1) is 13.8. The monoisotopic (exact) mass is 289 g/mol. The molecule has 0 atom stereocenters. The molecule has 0 radical (unpaired) electrons. The van der Waals surface area contributed by atoms with E-state index in [0.29, 0.717) is 10.6 Å². The zero-order chi connectivity index (χ0) is 13.3. The molecule has 0 saturated heterocycles. The highest BCUT2D eigenvalue weighted by Gasteiger charge is 2.38. The van der Waals surface area contributed by atoms with Crippen LogP contribution >= 0.6 is 11.6 Å². The molecule has 1 N–H and O–H groups in total. The molecule has 0 bridgehead atoms. The van der Waals surface area contributed by atoms with Crippen LogP contribution in [0, 0.1) is 6.92 Å². The molecule has 0 aliphatic heterocycles. The van der Waals surface area contributed by atoms with Gasteiger partial charge in [-0.2, -0.15) is 4.31 Å². The maximum absolute atomic E-state index is 12.5. The fraction of sp³-hybridized carbons (Fsp3) is 0.500. The first-order valence-corrected chi connectivity index (χ1v) is 7.68. The van der Waals surface area contributed by atoms with Gasteiger partial charge in [0.15, 0.2) is 0 Å². The fourth-order valence-corrected chi connectivity index (χ4v) is 4.11. The van der Waals surface area contributed by atoms with Crippen LogP contribution in [0.25, 0.3) is 0 Å². The zero-order valence-electron chi connectivity index (χ0n) is 10.1. The number of sulfonamides is 1. The predicted octanol–water partition coefficient (Wildman–Crippen LogP) is 1.79. The van der Waals surface area contributed by atoms with Gasteiger partial charge in [-0.1, -0.05) is 17.7 Å². The molecule has 4 nitrogen and oxygen atoms in total. The topological polar surface area (TPSA) is 57.6 Å². The summed E-state index contributed by atoms with van der Waals surface area (Å²) >= 11 is 5.96. The van der Waals surface area contributed by atoms with Gasteiger partial charge in [0.2, 0.25) is 10.0 Å². The Kier molecular flexibility index (Phi) is 3.96. The van der Waals surface area contributed by atoms with Crippen molar-refractivity contribution in [3.8, 4) is 0 Å². The summed E-state index contributed by atoms with van der Waals surface area (Å²) in [6.45, 7) is 1.66. The van der Waals surface area contributed by atoms with E-state index in [1.807, 2.05) is 0 Å². The standard InChI is InChI=1S/C12H16ClNO3S/c1-9-11(13)3-2-4-12(9)18(16,17)14(7-8-15)10-5-6-10/h2-4,10,15H,5-8H2,1H3. The molecule has 1 aliphatic rings. The Balaban J connectivity index is 2.43. The molecule has 2 rings (SSSR count). The van der Waals surface area contributed by atoms with Crippen LogP contribution in [0.3, 0.4) is 0 Å². The summed E-state index contributed by atoms with van der Waals surface area (Å²) in [4.78, 5) is 0.232. The summed E-state index contributed by atoms with van der Waals surface area (Å²) in [5, 5.41) is 9.46. The van der Waals surface area contributed by atoms with E-state index < -0.39 is 10.0 Å². The maximum atomic E-state index is 12.5. The molecule has 0 unspecified atom stereocenters. The second kappa shape index (κ2) is 5.17. The highest BCUT2D eigenvalue weighted by atomic mass is 35.5. The average Bonchev–Trinajstić information content (AvgIpc) is 3.13. The summed E-state index contributed by atoms with van der Waals surface area (Å²) in [6, 6.07) is 4.89. The third-order valence-corrected chi connectivity index (χ3v) is 5.58. The summed E-state index contributed by atoms with van der Waals surface area (Å²) in [5.41, 5.74) is 0.558. The molecular formula is C12H16ClNO3S. The number of rotatable bonds is 5. The van der Waals surface area contributed by atoms with Gasteiger partial charge >= 0.3 is 0 Å². The van der Waals surface area contributed by atoms with E-state index in [1.54, 1.807) is 25.1 Å². The molecule has 1 aromatic rings. The van der Waals surface area contributed by atoms with Crippen molar-refractivity contribution >= 4 is 21.6 Å². The first-order chi connectivity index (χ1) is 8.48. The lowest BCUT2D eigenvalue weighted by Crippen LogP contribution is -2.35. The lowest BCUT2D eigenvalue weighted by atomic mass is 10.2. The Labute approximate surface area is 112 Å². The minimum Gasteiger partial charge on any atom is -0.395 e. The van der Waals surface area contributed by atoms with Crippen LogP contribution in [0.1, 0.15) is 18.4 Å². The molecule has 6 heteroatoms. The van der Waals surface area contributed by atoms with Crippen LogP contribution in [0.5, 0.6) is 0 Å². The smallest absolute Gasteiger partial charge is 0.243 e. The van der Waals surface area contributed by atoms with Gasteiger partial charge in [-0.25, -0.2) is 8.42 Å². The van der Waals surface area contributed by atoms with Gasteiger partial charge in [0.25, 0.3) is 0 Å². The lowest BCUT2D eigenvalue weighted by Gasteiger charge is -2.22. The molecule has 18 heavy (non-hydrogen) atoms. The molecule has 1 saturated carbocycles. The minimum absolute atomic E-state index is 0.0283. The number of halogens is 1. The van der Waals surface area contributed by atoms with Crippen LogP contribution in [-0.4, -0.2) is 37.0 Å². The van der Waals surface area contributed by atoms with Gasteiger partial charge in [-0.3, -0.25) is 0 Å². The van der Waals surface area contributed by atoms with Crippen molar-refractivity contribution in [2.45, 2.75) is 30.7 Å². The van der Waals surface area contributed by atoms with E-state index in [-0.39, 0.29) is 24.1 Å². The van der Waals surface area contributed by atoms with E-state index in [4.69, 9.17) is 16.7 Å². The Morgan fingerprint density at radius 2 is 2.11 bits per heavy atom. The highest BCUT2D eigenvalue weighted by Crippen LogP contribution is 2.33. The van der Waals surface area contributed by atoms with Crippen molar-refractivity contribution in [2.75, 3.05) is 13.2 Å². The number of hydrogen-bond donors (Lipinski definition) is 1. The molecule has 1 fully saturated rings. The number of aliphatic hydroxyl groups is 1. The third-order valence-electron chi connectivity index (χ3n) is 3.08. The number of nitrogens with zero attached hydrogens (tertiary/aromatic N) is 1. The lowest BCUT2D eigenvalue weighted by molar-refractivity contribution is 0.250. The van der Waals surface area contributed by atoms with Gasteiger partial charge in [-0.05, 0) is 37.5 Å². The van der Waals surface area contributed by atoms with Gasteiger partial charge < -0.3 is 5.11 Å². The molecule has 1 aliphatic carbocycles. The molecule has 1 aromatic carbocycles. The van der Waals surface area contributed by atoms with Crippen molar-refractivity contribution < 1.29 is 13.5 Å². The second-order valence-electron chi connectivity index (χ2n) is 4.43. The number of benzene rings is 1. The van der Waals surface area contributed by atoms with E-state index >= 15 is 0 Å².